The minimum atomic E-state index is -1.61. The Balaban J connectivity index is 1.25. The third-order valence-corrected chi connectivity index (χ3v) is 8.03. The van der Waals surface area contributed by atoms with Gasteiger partial charge in [-0.3, -0.25) is 0 Å². The first-order chi connectivity index (χ1) is 20.6. The Hall–Kier alpha value is -4.18. The van der Waals surface area contributed by atoms with Crippen LogP contribution >= 0.6 is 0 Å². The van der Waals surface area contributed by atoms with Gasteiger partial charge < -0.3 is 24.3 Å². The smallest absolute Gasteiger partial charge is 0.214 e. The average molecular weight is 586 g/mol. The van der Waals surface area contributed by atoms with Crippen LogP contribution in [0.4, 0.5) is 8.78 Å². The van der Waals surface area contributed by atoms with Gasteiger partial charge in [0.05, 0.1) is 36.0 Å². The van der Waals surface area contributed by atoms with E-state index < -0.39 is 12.1 Å². The van der Waals surface area contributed by atoms with Crippen molar-refractivity contribution in [1.82, 2.24) is 14.5 Å². The highest BCUT2D eigenvalue weighted by Gasteiger charge is 2.40. The lowest BCUT2D eigenvalue weighted by atomic mass is 9.82. The van der Waals surface area contributed by atoms with E-state index in [9.17, 15) is 14.6 Å². The van der Waals surface area contributed by atoms with Crippen LogP contribution in [0, 0.1) is 24.0 Å². The summed E-state index contributed by atoms with van der Waals surface area (Å²) in [5.41, 5.74) is 4.56. The number of ether oxygens (including phenoxy) is 2. The van der Waals surface area contributed by atoms with Gasteiger partial charge in [-0.15, -0.1) is 0 Å². The number of rotatable bonds is 9. The second-order valence-electron chi connectivity index (χ2n) is 11.8. The number of halogens is 2. The topological polar surface area (TPSA) is 89.6 Å². The summed E-state index contributed by atoms with van der Waals surface area (Å²) >= 11 is 0. The molecule has 1 aliphatic heterocycles. The number of hydrogen-bond acceptors (Lipinski definition) is 6. The number of aryl methyl sites for hydroxylation is 1. The van der Waals surface area contributed by atoms with Crippen LogP contribution in [-0.2, 0) is 24.3 Å². The molecule has 1 unspecified atom stereocenters. The Morgan fingerprint density at radius 2 is 1.77 bits per heavy atom. The number of pyridine rings is 1. The fourth-order valence-corrected chi connectivity index (χ4v) is 5.29. The first-order valence-electron chi connectivity index (χ1n) is 14.2. The van der Waals surface area contributed by atoms with Crippen LogP contribution in [0.3, 0.4) is 0 Å². The molecule has 1 saturated heterocycles. The van der Waals surface area contributed by atoms with Gasteiger partial charge >= 0.3 is 0 Å². The van der Waals surface area contributed by atoms with Crippen molar-refractivity contribution in [3.8, 4) is 17.1 Å². The molecule has 0 bridgehead atoms. The van der Waals surface area contributed by atoms with Crippen molar-refractivity contribution in [3.05, 3.63) is 113 Å². The Morgan fingerprint density at radius 1 is 0.977 bits per heavy atom. The van der Waals surface area contributed by atoms with Gasteiger partial charge in [-0.1, -0.05) is 50.2 Å². The lowest BCUT2D eigenvalue weighted by Gasteiger charge is -2.44. The van der Waals surface area contributed by atoms with E-state index in [-0.39, 0.29) is 30.4 Å². The molecule has 0 saturated carbocycles. The zero-order valence-corrected chi connectivity index (χ0v) is 24.2. The average Bonchev–Trinajstić information content (AvgIpc) is 3.32. The molecule has 43 heavy (non-hydrogen) atoms. The summed E-state index contributed by atoms with van der Waals surface area (Å²) in [6, 6.07) is 20.2. The maximum atomic E-state index is 15.6. The molecule has 222 valence electrons. The molecule has 2 aromatic heterocycles. The molecule has 0 aliphatic carbocycles. The SMILES string of the molecule is Cc1ccc(COc2cccc(-c3ccc(Cc4nc5ccc(C(O)O)cc5n4CC4OCC4(C)C)c(F)c3)n2)c(F)c1. The molecular formula is C34H33F2N3O4. The highest BCUT2D eigenvalue weighted by molar-refractivity contribution is 5.77. The third-order valence-electron chi connectivity index (χ3n) is 8.03. The van der Waals surface area contributed by atoms with Gasteiger partial charge in [-0.25, -0.2) is 18.7 Å². The zero-order chi connectivity index (χ0) is 30.3. The molecule has 0 amide bonds. The maximum Gasteiger partial charge on any atom is 0.214 e. The number of hydrogen-bond donors (Lipinski definition) is 2. The summed E-state index contributed by atoms with van der Waals surface area (Å²) in [5.74, 6) is 0.217. The molecule has 0 spiro atoms. The fourth-order valence-electron chi connectivity index (χ4n) is 5.29. The molecule has 0 radical (unpaired) electrons. The third kappa shape index (κ3) is 6.01. The Bertz CT molecular complexity index is 1800. The molecule has 3 heterocycles. The van der Waals surface area contributed by atoms with Crippen LogP contribution < -0.4 is 4.74 Å². The quantitative estimate of drug-likeness (QED) is 0.199. The number of aliphatic hydroxyl groups is 2. The normalized spacial score (nSPS) is 16.0. The Morgan fingerprint density at radius 3 is 2.47 bits per heavy atom. The van der Waals surface area contributed by atoms with Crippen LogP contribution in [0.25, 0.3) is 22.3 Å². The summed E-state index contributed by atoms with van der Waals surface area (Å²) in [4.78, 5) is 9.28. The van der Waals surface area contributed by atoms with E-state index in [1.165, 1.54) is 12.1 Å². The lowest BCUT2D eigenvalue weighted by molar-refractivity contribution is -0.173. The van der Waals surface area contributed by atoms with E-state index in [2.05, 4.69) is 18.8 Å². The summed E-state index contributed by atoms with van der Waals surface area (Å²) in [5, 5.41) is 19.5. The first kappa shape index (κ1) is 28.9. The molecule has 1 aliphatic rings. The minimum absolute atomic E-state index is 0.0194. The second-order valence-corrected chi connectivity index (χ2v) is 11.8. The van der Waals surface area contributed by atoms with Crippen molar-refractivity contribution in [2.75, 3.05) is 6.61 Å². The standard InChI is InChI=1S/C34H33F2N3O4/c1-20-7-8-24(25(35)13-20)18-42-32-6-4-5-27(38-32)22-10-9-21(26(36)14-22)16-31-37-28-12-11-23(33(40)41)15-29(28)39(31)17-30-34(2,3)19-43-30/h4-15,30,33,40-41H,16-19H2,1-3H3. The molecule has 6 rings (SSSR count). The maximum absolute atomic E-state index is 15.6. The van der Waals surface area contributed by atoms with Crippen molar-refractivity contribution >= 4 is 11.0 Å². The van der Waals surface area contributed by atoms with Crippen molar-refractivity contribution in [3.63, 3.8) is 0 Å². The van der Waals surface area contributed by atoms with Gasteiger partial charge in [0, 0.05) is 34.6 Å². The fraction of sp³-hybridized carbons (Fsp3) is 0.294. The lowest BCUT2D eigenvalue weighted by Crippen LogP contribution is -2.49. The Labute approximate surface area is 248 Å². The number of aromatic nitrogens is 3. The van der Waals surface area contributed by atoms with E-state index in [1.807, 2.05) is 17.6 Å². The number of fused-ring (bicyclic) bond motifs is 1. The Kier molecular flexibility index (Phi) is 7.72. The van der Waals surface area contributed by atoms with Crippen molar-refractivity contribution in [2.45, 2.75) is 52.7 Å². The minimum Gasteiger partial charge on any atom is -0.473 e. The van der Waals surface area contributed by atoms with Gasteiger partial charge in [-0.05, 0) is 48.4 Å². The van der Waals surface area contributed by atoms with Gasteiger partial charge in [0.15, 0.2) is 6.29 Å². The van der Waals surface area contributed by atoms with E-state index >= 15 is 4.39 Å². The van der Waals surface area contributed by atoms with Crippen LogP contribution in [0.1, 0.15) is 48.2 Å². The monoisotopic (exact) mass is 585 g/mol. The van der Waals surface area contributed by atoms with Crippen LogP contribution in [0.2, 0.25) is 0 Å². The highest BCUT2D eigenvalue weighted by atomic mass is 19.1. The summed E-state index contributed by atoms with van der Waals surface area (Å²) in [6.07, 6.45) is -1.44. The number of nitrogens with zero attached hydrogens (tertiary/aromatic N) is 3. The molecule has 3 aromatic carbocycles. The second kappa shape index (κ2) is 11.5. The van der Waals surface area contributed by atoms with Gasteiger partial charge in [-0.2, -0.15) is 0 Å². The predicted molar refractivity (Wildman–Crippen MR) is 158 cm³/mol. The summed E-state index contributed by atoms with van der Waals surface area (Å²) < 4.78 is 43.3. The molecule has 2 N–H and O–H groups in total. The van der Waals surface area contributed by atoms with Gasteiger partial charge in [0.1, 0.15) is 24.1 Å². The highest BCUT2D eigenvalue weighted by Crippen LogP contribution is 2.36. The first-order valence-corrected chi connectivity index (χ1v) is 14.2. The molecule has 1 atom stereocenters. The van der Waals surface area contributed by atoms with Crippen molar-refractivity contribution in [1.29, 1.82) is 0 Å². The van der Waals surface area contributed by atoms with E-state index in [1.54, 1.807) is 54.6 Å². The van der Waals surface area contributed by atoms with E-state index in [4.69, 9.17) is 14.5 Å². The number of benzene rings is 3. The van der Waals surface area contributed by atoms with Crippen molar-refractivity contribution in [2.24, 2.45) is 5.41 Å². The number of imidazole rings is 1. The van der Waals surface area contributed by atoms with Gasteiger partial charge in [0.25, 0.3) is 0 Å². The summed E-state index contributed by atoms with van der Waals surface area (Å²) in [6.45, 7) is 7.28. The molecular weight excluding hydrogens is 552 g/mol. The largest absolute Gasteiger partial charge is 0.473 e. The van der Waals surface area contributed by atoms with Crippen LogP contribution in [0.5, 0.6) is 5.88 Å². The van der Waals surface area contributed by atoms with Crippen LogP contribution in [-0.4, -0.2) is 37.5 Å². The summed E-state index contributed by atoms with van der Waals surface area (Å²) in [7, 11) is 0. The molecule has 9 heteroatoms. The van der Waals surface area contributed by atoms with Gasteiger partial charge in [0.2, 0.25) is 5.88 Å². The van der Waals surface area contributed by atoms with E-state index in [0.717, 1.165) is 11.1 Å². The molecule has 7 nitrogen and oxygen atoms in total. The van der Waals surface area contributed by atoms with Crippen LogP contribution in [0.15, 0.2) is 72.8 Å². The number of aliphatic hydroxyl groups excluding tert-OH is 1. The predicted octanol–water partition coefficient (Wildman–Crippen LogP) is 6.26. The van der Waals surface area contributed by atoms with E-state index in [0.29, 0.717) is 58.3 Å². The van der Waals surface area contributed by atoms with Crippen molar-refractivity contribution < 1.29 is 28.5 Å². The molecule has 1 fully saturated rings. The zero-order valence-electron chi connectivity index (χ0n) is 24.2. The molecule has 5 aromatic rings.